The van der Waals surface area contributed by atoms with Crippen LogP contribution in [0.3, 0.4) is 0 Å². The van der Waals surface area contributed by atoms with Crippen LogP contribution in [-0.4, -0.2) is 19.6 Å². The van der Waals surface area contributed by atoms with E-state index >= 15 is 0 Å². The summed E-state index contributed by atoms with van der Waals surface area (Å²) in [6, 6.07) is 17.4. The molecule has 2 heteroatoms. The number of nitrogens with zero attached hydrogens (tertiary/aromatic N) is 1. The Balaban J connectivity index is 1.58. The Labute approximate surface area is 127 Å². The van der Waals surface area contributed by atoms with E-state index in [1.807, 2.05) is 0 Å². The fourth-order valence-corrected chi connectivity index (χ4v) is 3.00. The highest BCUT2D eigenvalue weighted by molar-refractivity contribution is 5.60. The maximum absolute atomic E-state index is 3.56. The molecule has 1 heterocycles. The zero-order valence-corrected chi connectivity index (χ0v) is 12.8. The number of hydrogen-bond acceptors (Lipinski definition) is 2. The van der Waals surface area contributed by atoms with Crippen molar-refractivity contribution in [3.05, 3.63) is 59.7 Å². The molecule has 110 valence electrons. The molecule has 21 heavy (non-hydrogen) atoms. The molecule has 3 rings (SSSR count). The van der Waals surface area contributed by atoms with Gasteiger partial charge in [-0.3, -0.25) is 0 Å². The molecule has 0 bridgehead atoms. The second kappa shape index (κ2) is 6.66. The van der Waals surface area contributed by atoms with Crippen molar-refractivity contribution in [2.24, 2.45) is 0 Å². The van der Waals surface area contributed by atoms with Gasteiger partial charge in [0.15, 0.2) is 0 Å². The van der Waals surface area contributed by atoms with E-state index < -0.39 is 0 Å². The maximum Gasteiger partial charge on any atom is 0.0371 e. The van der Waals surface area contributed by atoms with E-state index in [1.54, 1.807) is 0 Å². The molecule has 0 aliphatic carbocycles. The summed E-state index contributed by atoms with van der Waals surface area (Å²) in [5, 5.41) is 3.56. The SMILES string of the molecule is Cc1cc(N2CCCC2)ccc1NCCc1ccccc1. The van der Waals surface area contributed by atoms with Crippen molar-refractivity contribution < 1.29 is 0 Å². The van der Waals surface area contributed by atoms with Gasteiger partial charge in [-0.1, -0.05) is 30.3 Å². The summed E-state index contributed by atoms with van der Waals surface area (Å²) in [5.41, 5.74) is 5.36. The van der Waals surface area contributed by atoms with Crippen LogP contribution in [0.5, 0.6) is 0 Å². The molecule has 2 aromatic carbocycles. The van der Waals surface area contributed by atoms with Crippen LogP contribution in [0.2, 0.25) is 0 Å². The number of nitrogens with one attached hydrogen (secondary N) is 1. The van der Waals surface area contributed by atoms with Gasteiger partial charge in [-0.15, -0.1) is 0 Å². The van der Waals surface area contributed by atoms with Crippen molar-refractivity contribution >= 4 is 11.4 Å². The minimum Gasteiger partial charge on any atom is -0.384 e. The number of rotatable bonds is 5. The third kappa shape index (κ3) is 3.57. The Morgan fingerprint density at radius 2 is 1.76 bits per heavy atom. The predicted molar refractivity (Wildman–Crippen MR) is 91.3 cm³/mol. The highest BCUT2D eigenvalue weighted by atomic mass is 15.1. The van der Waals surface area contributed by atoms with Crippen LogP contribution in [0.25, 0.3) is 0 Å². The number of benzene rings is 2. The van der Waals surface area contributed by atoms with Crippen molar-refractivity contribution in [3.8, 4) is 0 Å². The van der Waals surface area contributed by atoms with Crippen LogP contribution < -0.4 is 10.2 Å². The van der Waals surface area contributed by atoms with Crippen molar-refractivity contribution in [3.63, 3.8) is 0 Å². The molecule has 0 spiro atoms. The zero-order chi connectivity index (χ0) is 14.5. The first kappa shape index (κ1) is 14.0. The van der Waals surface area contributed by atoms with Crippen molar-refractivity contribution in [2.75, 3.05) is 29.9 Å². The monoisotopic (exact) mass is 280 g/mol. The van der Waals surface area contributed by atoms with Gasteiger partial charge in [-0.25, -0.2) is 0 Å². The maximum atomic E-state index is 3.56. The van der Waals surface area contributed by atoms with Crippen LogP contribution in [0, 0.1) is 6.92 Å². The minimum absolute atomic E-state index is 0.980. The van der Waals surface area contributed by atoms with Gasteiger partial charge in [0.05, 0.1) is 0 Å². The van der Waals surface area contributed by atoms with Gasteiger partial charge in [-0.2, -0.15) is 0 Å². The van der Waals surface area contributed by atoms with Gasteiger partial charge in [0.2, 0.25) is 0 Å². The third-order valence-corrected chi connectivity index (χ3v) is 4.25. The second-order valence-corrected chi connectivity index (χ2v) is 5.86. The van der Waals surface area contributed by atoms with Crippen LogP contribution in [0.4, 0.5) is 11.4 Å². The molecule has 1 aliphatic heterocycles. The van der Waals surface area contributed by atoms with Crippen LogP contribution in [0.15, 0.2) is 48.5 Å². The Hall–Kier alpha value is -1.96. The summed E-state index contributed by atoms with van der Waals surface area (Å²) in [6.07, 6.45) is 3.72. The standard InChI is InChI=1S/C19H24N2/c1-16-15-18(21-13-5-6-14-21)9-10-19(16)20-12-11-17-7-3-2-4-8-17/h2-4,7-10,15,20H,5-6,11-14H2,1H3. The highest BCUT2D eigenvalue weighted by Gasteiger charge is 2.12. The summed E-state index contributed by atoms with van der Waals surface area (Å²) in [7, 11) is 0. The highest BCUT2D eigenvalue weighted by Crippen LogP contribution is 2.25. The molecule has 0 saturated carbocycles. The number of aryl methyl sites for hydroxylation is 1. The van der Waals surface area contributed by atoms with Crippen LogP contribution in [-0.2, 0) is 6.42 Å². The van der Waals surface area contributed by atoms with E-state index in [1.165, 1.54) is 48.4 Å². The lowest BCUT2D eigenvalue weighted by molar-refractivity contribution is 0.949. The first-order valence-electron chi connectivity index (χ1n) is 7.96. The Bertz CT molecular complexity index is 571. The largest absolute Gasteiger partial charge is 0.384 e. The molecule has 2 nitrogen and oxygen atoms in total. The molecule has 1 fully saturated rings. The zero-order valence-electron chi connectivity index (χ0n) is 12.8. The normalized spacial score (nSPS) is 14.4. The summed E-state index contributed by atoms with van der Waals surface area (Å²) in [6.45, 7) is 5.60. The summed E-state index contributed by atoms with van der Waals surface area (Å²) < 4.78 is 0. The molecular formula is C19H24N2. The van der Waals surface area contributed by atoms with E-state index in [0.29, 0.717) is 0 Å². The van der Waals surface area contributed by atoms with E-state index in [2.05, 4.69) is 65.7 Å². The van der Waals surface area contributed by atoms with Crippen LogP contribution >= 0.6 is 0 Å². The number of anilines is 2. The quantitative estimate of drug-likeness (QED) is 0.881. The summed E-state index contributed by atoms with van der Waals surface area (Å²) in [5.74, 6) is 0. The molecule has 0 aromatic heterocycles. The van der Waals surface area contributed by atoms with Crippen molar-refractivity contribution in [2.45, 2.75) is 26.2 Å². The average molecular weight is 280 g/mol. The van der Waals surface area contributed by atoms with Gasteiger partial charge in [0.1, 0.15) is 0 Å². The average Bonchev–Trinajstić information content (AvgIpc) is 3.04. The van der Waals surface area contributed by atoms with E-state index in [4.69, 9.17) is 0 Å². The second-order valence-electron chi connectivity index (χ2n) is 5.86. The lowest BCUT2D eigenvalue weighted by Gasteiger charge is -2.19. The van der Waals surface area contributed by atoms with Gasteiger partial charge in [0, 0.05) is 31.0 Å². The Morgan fingerprint density at radius 3 is 2.48 bits per heavy atom. The fraction of sp³-hybridized carbons (Fsp3) is 0.368. The van der Waals surface area contributed by atoms with Gasteiger partial charge in [0.25, 0.3) is 0 Å². The molecule has 2 aromatic rings. The molecule has 0 unspecified atom stereocenters. The van der Waals surface area contributed by atoms with E-state index in [9.17, 15) is 0 Å². The van der Waals surface area contributed by atoms with Gasteiger partial charge < -0.3 is 10.2 Å². The Morgan fingerprint density at radius 1 is 1.00 bits per heavy atom. The lowest BCUT2D eigenvalue weighted by atomic mass is 10.1. The molecule has 1 N–H and O–H groups in total. The van der Waals surface area contributed by atoms with Gasteiger partial charge >= 0.3 is 0 Å². The molecule has 0 radical (unpaired) electrons. The summed E-state index contributed by atoms with van der Waals surface area (Å²) in [4.78, 5) is 2.49. The minimum atomic E-state index is 0.980. The summed E-state index contributed by atoms with van der Waals surface area (Å²) >= 11 is 0. The van der Waals surface area contributed by atoms with Gasteiger partial charge in [-0.05, 0) is 55.5 Å². The smallest absolute Gasteiger partial charge is 0.0371 e. The van der Waals surface area contributed by atoms with E-state index in [0.717, 1.165) is 13.0 Å². The third-order valence-electron chi connectivity index (χ3n) is 4.25. The lowest BCUT2D eigenvalue weighted by Crippen LogP contribution is -2.17. The predicted octanol–water partition coefficient (Wildman–Crippen LogP) is 4.25. The topological polar surface area (TPSA) is 15.3 Å². The van der Waals surface area contributed by atoms with Crippen molar-refractivity contribution in [1.29, 1.82) is 0 Å². The van der Waals surface area contributed by atoms with Crippen molar-refractivity contribution in [1.82, 2.24) is 0 Å². The Kier molecular flexibility index (Phi) is 4.44. The molecule has 1 saturated heterocycles. The molecular weight excluding hydrogens is 256 g/mol. The molecule has 1 aliphatic rings. The molecule has 0 amide bonds. The van der Waals surface area contributed by atoms with E-state index in [-0.39, 0.29) is 0 Å². The van der Waals surface area contributed by atoms with Crippen LogP contribution in [0.1, 0.15) is 24.0 Å². The number of hydrogen-bond donors (Lipinski definition) is 1. The fourth-order valence-electron chi connectivity index (χ4n) is 3.00. The first-order chi connectivity index (χ1) is 10.3. The molecule has 0 atom stereocenters. The first-order valence-corrected chi connectivity index (χ1v) is 7.96.